The summed E-state index contributed by atoms with van der Waals surface area (Å²) in [5.41, 5.74) is 1.57. The van der Waals surface area contributed by atoms with Crippen molar-refractivity contribution in [1.29, 1.82) is 0 Å². The number of fused-ring (bicyclic) bond motifs is 1. The van der Waals surface area contributed by atoms with Crippen LogP contribution in [0.3, 0.4) is 0 Å². The maximum atomic E-state index is 10.1. The summed E-state index contributed by atoms with van der Waals surface area (Å²) in [6.07, 6.45) is 3.33. The Hall–Kier alpha value is -3.61. The SMILES string of the molecule is CCOc1ccc(N=Nc2c(-c3ccco3)nc3c(O)cccn23)cc1. The monoisotopic (exact) mass is 348 g/mol. The van der Waals surface area contributed by atoms with Gasteiger partial charge in [-0.05, 0) is 55.5 Å². The molecule has 0 amide bonds. The Morgan fingerprint density at radius 1 is 1.12 bits per heavy atom. The molecular formula is C19H16N4O3. The average molecular weight is 348 g/mol. The number of pyridine rings is 1. The Labute approximate surface area is 149 Å². The van der Waals surface area contributed by atoms with Crippen LogP contribution in [0.5, 0.6) is 11.5 Å². The third-order valence-electron chi connectivity index (χ3n) is 3.77. The van der Waals surface area contributed by atoms with E-state index >= 15 is 0 Å². The third-order valence-corrected chi connectivity index (χ3v) is 3.77. The van der Waals surface area contributed by atoms with E-state index in [4.69, 9.17) is 9.15 Å². The summed E-state index contributed by atoms with van der Waals surface area (Å²) in [5.74, 6) is 1.86. The molecule has 0 radical (unpaired) electrons. The lowest BCUT2D eigenvalue weighted by atomic mass is 10.3. The number of hydrogen-bond donors (Lipinski definition) is 1. The number of azo groups is 1. The van der Waals surface area contributed by atoms with E-state index in [0.717, 1.165) is 5.75 Å². The Morgan fingerprint density at radius 3 is 2.69 bits per heavy atom. The fourth-order valence-electron chi connectivity index (χ4n) is 2.60. The van der Waals surface area contributed by atoms with Crippen LogP contribution in [0, 0.1) is 0 Å². The van der Waals surface area contributed by atoms with E-state index in [9.17, 15) is 5.11 Å². The molecular weight excluding hydrogens is 332 g/mol. The molecule has 0 unspecified atom stereocenters. The van der Waals surface area contributed by atoms with Gasteiger partial charge in [0, 0.05) is 6.20 Å². The number of aromatic hydroxyl groups is 1. The zero-order valence-electron chi connectivity index (χ0n) is 14.0. The molecule has 0 saturated carbocycles. The van der Waals surface area contributed by atoms with E-state index in [2.05, 4.69) is 15.2 Å². The lowest BCUT2D eigenvalue weighted by molar-refractivity contribution is 0.340. The number of rotatable bonds is 5. The van der Waals surface area contributed by atoms with E-state index < -0.39 is 0 Å². The number of benzene rings is 1. The van der Waals surface area contributed by atoms with Crippen molar-refractivity contribution in [3.05, 3.63) is 61.0 Å². The minimum atomic E-state index is 0.0582. The van der Waals surface area contributed by atoms with Crippen molar-refractivity contribution in [3.63, 3.8) is 0 Å². The molecule has 1 aromatic carbocycles. The Balaban J connectivity index is 1.77. The first-order valence-electron chi connectivity index (χ1n) is 8.15. The number of nitrogens with zero attached hydrogens (tertiary/aromatic N) is 4. The molecule has 7 nitrogen and oxygen atoms in total. The topological polar surface area (TPSA) is 84.6 Å². The van der Waals surface area contributed by atoms with Crippen LogP contribution in [-0.4, -0.2) is 21.1 Å². The van der Waals surface area contributed by atoms with Gasteiger partial charge in [-0.3, -0.25) is 4.40 Å². The zero-order chi connectivity index (χ0) is 17.9. The van der Waals surface area contributed by atoms with Crippen molar-refractivity contribution in [2.75, 3.05) is 6.61 Å². The van der Waals surface area contributed by atoms with Gasteiger partial charge in [0.25, 0.3) is 0 Å². The summed E-state index contributed by atoms with van der Waals surface area (Å²) in [6.45, 7) is 2.54. The third kappa shape index (κ3) is 2.90. The molecule has 0 saturated heterocycles. The molecule has 3 aromatic heterocycles. The van der Waals surface area contributed by atoms with Crippen LogP contribution < -0.4 is 4.74 Å². The molecule has 0 aliphatic carbocycles. The van der Waals surface area contributed by atoms with Crippen LogP contribution in [0.25, 0.3) is 17.1 Å². The first-order valence-corrected chi connectivity index (χ1v) is 8.15. The van der Waals surface area contributed by atoms with Gasteiger partial charge in [-0.25, -0.2) is 4.98 Å². The first kappa shape index (κ1) is 15.9. The molecule has 4 aromatic rings. The maximum Gasteiger partial charge on any atom is 0.190 e. The minimum absolute atomic E-state index is 0.0582. The smallest absolute Gasteiger partial charge is 0.190 e. The number of hydrogen-bond acceptors (Lipinski definition) is 6. The standard InChI is InChI=1S/C19H16N4O3/c1-2-25-14-9-7-13(8-10-14)21-22-19-17(16-6-4-12-26-16)20-18-15(24)5-3-11-23(18)19/h3-12,24H,2H2,1H3. The molecule has 0 spiro atoms. The van der Waals surface area contributed by atoms with Crippen molar-refractivity contribution in [2.45, 2.75) is 6.92 Å². The van der Waals surface area contributed by atoms with E-state index in [1.807, 2.05) is 31.2 Å². The van der Waals surface area contributed by atoms with Gasteiger partial charge < -0.3 is 14.3 Å². The normalized spacial score (nSPS) is 11.4. The Kier molecular flexibility index (Phi) is 4.10. The van der Waals surface area contributed by atoms with E-state index in [-0.39, 0.29) is 5.75 Å². The predicted octanol–water partition coefficient (Wildman–Crippen LogP) is 5.11. The van der Waals surface area contributed by atoms with Crippen LogP contribution in [0.15, 0.2) is 75.6 Å². The average Bonchev–Trinajstić information content (AvgIpc) is 3.30. The van der Waals surface area contributed by atoms with E-state index in [0.29, 0.717) is 35.2 Å². The van der Waals surface area contributed by atoms with Crippen LogP contribution in [-0.2, 0) is 0 Å². The largest absolute Gasteiger partial charge is 0.504 e. The Morgan fingerprint density at radius 2 is 1.96 bits per heavy atom. The second-order valence-electron chi connectivity index (χ2n) is 5.48. The van der Waals surface area contributed by atoms with E-state index in [1.54, 1.807) is 41.1 Å². The molecule has 4 rings (SSSR count). The highest BCUT2D eigenvalue weighted by atomic mass is 16.5. The second kappa shape index (κ2) is 6.72. The number of furan rings is 1. The molecule has 1 N–H and O–H groups in total. The summed E-state index contributed by atoms with van der Waals surface area (Å²) < 4.78 is 12.5. The highest BCUT2D eigenvalue weighted by Gasteiger charge is 2.18. The van der Waals surface area contributed by atoms with Gasteiger partial charge in [-0.15, -0.1) is 10.2 Å². The van der Waals surface area contributed by atoms with Gasteiger partial charge in [0.15, 0.2) is 28.7 Å². The molecule has 3 heterocycles. The van der Waals surface area contributed by atoms with Crippen LogP contribution >= 0.6 is 0 Å². The van der Waals surface area contributed by atoms with Crippen molar-refractivity contribution < 1.29 is 14.3 Å². The molecule has 0 atom stereocenters. The van der Waals surface area contributed by atoms with Crippen LogP contribution in [0.1, 0.15) is 6.92 Å². The highest BCUT2D eigenvalue weighted by molar-refractivity contribution is 5.73. The summed E-state index contributed by atoms with van der Waals surface area (Å²) in [7, 11) is 0. The lowest BCUT2D eigenvalue weighted by Gasteiger charge is -2.02. The lowest BCUT2D eigenvalue weighted by Crippen LogP contribution is -1.89. The molecule has 7 heteroatoms. The number of imidazole rings is 1. The van der Waals surface area contributed by atoms with Gasteiger partial charge >= 0.3 is 0 Å². The summed E-state index contributed by atoms with van der Waals surface area (Å²) in [5, 5.41) is 18.7. The van der Waals surface area contributed by atoms with Crippen molar-refractivity contribution in [1.82, 2.24) is 9.38 Å². The molecule has 0 bridgehead atoms. The first-order chi connectivity index (χ1) is 12.8. The van der Waals surface area contributed by atoms with Crippen molar-refractivity contribution in [2.24, 2.45) is 10.2 Å². The number of aromatic nitrogens is 2. The van der Waals surface area contributed by atoms with Gasteiger partial charge in [-0.2, -0.15) is 0 Å². The fraction of sp³-hybridized carbons (Fsp3) is 0.105. The summed E-state index contributed by atoms with van der Waals surface area (Å²) in [6, 6.07) is 14.2. The van der Waals surface area contributed by atoms with Gasteiger partial charge in [0.05, 0.1) is 18.6 Å². The fourth-order valence-corrected chi connectivity index (χ4v) is 2.60. The summed E-state index contributed by atoms with van der Waals surface area (Å²) >= 11 is 0. The van der Waals surface area contributed by atoms with Crippen LogP contribution in [0.2, 0.25) is 0 Å². The quantitative estimate of drug-likeness (QED) is 0.508. The molecule has 0 aliphatic rings. The highest BCUT2D eigenvalue weighted by Crippen LogP contribution is 2.35. The number of ether oxygens (including phenoxy) is 1. The molecule has 26 heavy (non-hydrogen) atoms. The molecule has 130 valence electrons. The molecule has 0 aliphatic heterocycles. The zero-order valence-corrected chi connectivity index (χ0v) is 14.0. The Bertz CT molecular complexity index is 1050. The minimum Gasteiger partial charge on any atom is -0.504 e. The second-order valence-corrected chi connectivity index (χ2v) is 5.48. The summed E-state index contributed by atoms with van der Waals surface area (Å²) in [4.78, 5) is 4.45. The van der Waals surface area contributed by atoms with Crippen LogP contribution in [0.4, 0.5) is 11.5 Å². The maximum absolute atomic E-state index is 10.1. The van der Waals surface area contributed by atoms with Crippen molar-refractivity contribution in [3.8, 4) is 23.0 Å². The van der Waals surface area contributed by atoms with Gasteiger partial charge in [-0.1, -0.05) is 0 Å². The van der Waals surface area contributed by atoms with E-state index in [1.165, 1.54) is 0 Å². The predicted molar refractivity (Wildman–Crippen MR) is 96.3 cm³/mol. The van der Waals surface area contributed by atoms with Gasteiger partial charge in [0.1, 0.15) is 5.75 Å². The van der Waals surface area contributed by atoms with Crippen molar-refractivity contribution >= 4 is 17.2 Å². The molecule has 0 fully saturated rings. The van der Waals surface area contributed by atoms with Gasteiger partial charge in [0.2, 0.25) is 0 Å².